The van der Waals surface area contributed by atoms with Crippen LogP contribution in [0.3, 0.4) is 0 Å². The lowest BCUT2D eigenvalue weighted by Crippen LogP contribution is -2.31. The quantitative estimate of drug-likeness (QED) is 0.536. The number of hydrogen-bond acceptors (Lipinski definition) is 6. The van der Waals surface area contributed by atoms with Gasteiger partial charge in [0.2, 0.25) is 15.9 Å². The molecule has 2 aliphatic heterocycles. The predicted octanol–water partition coefficient (Wildman–Crippen LogP) is 2.12. The highest BCUT2D eigenvalue weighted by Gasteiger charge is 2.39. The van der Waals surface area contributed by atoms with Gasteiger partial charge >= 0.3 is 0 Å². The number of nitrogens with zero attached hydrogens (tertiary/aromatic N) is 2. The van der Waals surface area contributed by atoms with Crippen molar-refractivity contribution in [3.8, 4) is 12.3 Å². The number of rotatable bonds is 11. The van der Waals surface area contributed by atoms with Crippen molar-refractivity contribution in [1.82, 2.24) is 10.0 Å². The van der Waals surface area contributed by atoms with Crippen LogP contribution in [0.5, 0.6) is 0 Å². The summed E-state index contributed by atoms with van der Waals surface area (Å²) < 4.78 is 32.7. The zero-order valence-corrected chi connectivity index (χ0v) is 17.1. The monoisotopic (exact) mass is 418 g/mol. The molecule has 0 bridgehead atoms. The standard InChI is InChI=1S/C20H26N4O4S/c1-2-3-11-20(23-24-20)12-10-19(25)21-14-16-6-8-18(9-7-16)29(26,27)22-15-17-5-4-13-28-17/h1,6-9,17,22H,3-5,10-15H2,(H,21,25). The van der Waals surface area contributed by atoms with Gasteiger partial charge in [0.1, 0.15) is 0 Å². The SMILES string of the molecule is C#CCCC1(CCC(=O)NCc2ccc(S(=O)(=O)NCC3CCCO3)cc2)N=N1. The number of ether oxygens (including phenoxy) is 1. The fourth-order valence-corrected chi connectivity index (χ4v) is 4.21. The van der Waals surface area contributed by atoms with Crippen molar-refractivity contribution in [2.45, 2.75) is 61.7 Å². The Labute approximate surface area is 171 Å². The van der Waals surface area contributed by atoms with Gasteiger partial charge in [-0.2, -0.15) is 10.2 Å². The van der Waals surface area contributed by atoms with Crippen molar-refractivity contribution < 1.29 is 17.9 Å². The molecule has 8 nitrogen and oxygen atoms in total. The molecule has 0 spiro atoms. The Kier molecular flexibility index (Phi) is 7.00. The molecule has 1 amide bonds. The van der Waals surface area contributed by atoms with Crippen molar-refractivity contribution in [1.29, 1.82) is 0 Å². The van der Waals surface area contributed by atoms with Gasteiger partial charge in [-0.05, 0) is 30.5 Å². The minimum absolute atomic E-state index is 0.0544. The maximum atomic E-state index is 12.4. The van der Waals surface area contributed by atoms with E-state index < -0.39 is 15.7 Å². The fraction of sp³-hybridized carbons (Fsp3) is 0.550. The predicted molar refractivity (Wildman–Crippen MR) is 107 cm³/mol. The molecule has 3 rings (SSSR count). The first-order valence-electron chi connectivity index (χ1n) is 9.77. The fourth-order valence-electron chi connectivity index (χ4n) is 3.15. The van der Waals surface area contributed by atoms with Gasteiger partial charge in [-0.25, -0.2) is 13.1 Å². The van der Waals surface area contributed by atoms with Crippen LogP contribution in [0.25, 0.3) is 0 Å². The summed E-state index contributed by atoms with van der Waals surface area (Å²) in [6.45, 7) is 1.29. The van der Waals surface area contributed by atoms with E-state index in [-0.39, 0.29) is 23.5 Å². The lowest BCUT2D eigenvalue weighted by molar-refractivity contribution is -0.121. The Balaban J connectivity index is 1.41. The van der Waals surface area contributed by atoms with E-state index in [1.54, 1.807) is 12.1 Å². The van der Waals surface area contributed by atoms with Crippen LogP contribution in [0, 0.1) is 12.3 Å². The maximum absolute atomic E-state index is 12.4. The molecule has 1 aromatic rings. The molecule has 156 valence electrons. The van der Waals surface area contributed by atoms with Gasteiger partial charge in [-0.1, -0.05) is 12.1 Å². The Morgan fingerprint density at radius 1 is 1.28 bits per heavy atom. The first-order chi connectivity index (χ1) is 13.9. The number of terminal acetylenes is 1. The smallest absolute Gasteiger partial charge is 0.240 e. The van der Waals surface area contributed by atoms with Crippen LogP contribution in [-0.2, 0) is 26.1 Å². The molecule has 2 N–H and O–H groups in total. The summed E-state index contributed by atoms with van der Waals surface area (Å²) in [5.74, 6) is 2.46. The van der Waals surface area contributed by atoms with Crippen LogP contribution < -0.4 is 10.0 Å². The van der Waals surface area contributed by atoms with Crippen molar-refractivity contribution in [2.24, 2.45) is 10.2 Å². The van der Waals surface area contributed by atoms with Gasteiger partial charge in [0.15, 0.2) is 5.66 Å². The molecular formula is C20H26N4O4S. The van der Waals surface area contributed by atoms with Gasteiger partial charge in [0.05, 0.1) is 11.0 Å². The van der Waals surface area contributed by atoms with Gasteiger partial charge in [0.25, 0.3) is 0 Å². The van der Waals surface area contributed by atoms with Crippen molar-refractivity contribution >= 4 is 15.9 Å². The molecule has 2 aliphatic rings. The minimum atomic E-state index is -3.57. The Morgan fingerprint density at radius 2 is 2.03 bits per heavy atom. The third kappa shape index (κ3) is 6.35. The van der Waals surface area contributed by atoms with E-state index in [2.05, 4.69) is 26.2 Å². The zero-order chi connectivity index (χ0) is 20.7. The number of nitrogens with one attached hydrogen (secondary N) is 2. The van der Waals surface area contributed by atoms with E-state index in [0.717, 1.165) is 18.4 Å². The van der Waals surface area contributed by atoms with Gasteiger partial charge in [0, 0.05) is 45.4 Å². The second-order valence-corrected chi connectivity index (χ2v) is 9.06. The number of carbonyl (C=O) groups excluding carboxylic acids is 1. The molecule has 0 aromatic heterocycles. The third-order valence-corrected chi connectivity index (χ3v) is 6.49. The van der Waals surface area contributed by atoms with Crippen LogP contribution in [0.4, 0.5) is 0 Å². The normalized spacial score (nSPS) is 19.6. The molecule has 29 heavy (non-hydrogen) atoms. The molecular weight excluding hydrogens is 392 g/mol. The van der Waals surface area contributed by atoms with E-state index in [9.17, 15) is 13.2 Å². The number of benzene rings is 1. The Bertz CT molecular complexity index is 878. The highest BCUT2D eigenvalue weighted by molar-refractivity contribution is 7.89. The second-order valence-electron chi connectivity index (χ2n) is 7.29. The van der Waals surface area contributed by atoms with Crippen LogP contribution in [-0.4, -0.2) is 39.2 Å². The molecule has 1 unspecified atom stereocenters. The molecule has 0 aliphatic carbocycles. The highest BCUT2D eigenvalue weighted by Crippen LogP contribution is 2.37. The van der Waals surface area contributed by atoms with E-state index in [1.165, 1.54) is 12.1 Å². The second kappa shape index (κ2) is 9.48. The molecule has 1 atom stereocenters. The zero-order valence-electron chi connectivity index (χ0n) is 16.3. The van der Waals surface area contributed by atoms with E-state index in [0.29, 0.717) is 38.8 Å². The van der Waals surface area contributed by atoms with Crippen molar-refractivity contribution in [2.75, 3.05) is 13.2 Å². The molecule has 0 saturated carbocycles. The minimum Gasteiger partial charge on any atom is -0.377 e. The van der Waals surface area contributed by atoms with E-state index in [1.807, 2.05) is 0 Å². The highest BCUT2D eigenvalue weighted by atomic mass is 32.2. The van der Waals surface area contributed by atoms with Crippen LogP contribution >= 0.6 is 0 Å². The van der Waals surface area contributed by atoms with Crippen LogP contribution in [0.2, 0.25) is 0 Å². The molecule has 1 aromatic carbocycles. The number of carbonyl (C=O) groups is 1. The third-order valence-electron chi connectivity index (χ3n) is 5.05. The summed E-state index contributed by atoms with van der Waals surface area (Å²) in [7, 11) is -3.57. The van der Waals surface area contributed by atoms with Gasteiger partial charge < -0.3 is 10.1 Å². The Hall–Kier alpha value is -2.28. The molecule has 1 fully saturated rings. The van der Waals surface area contributed by atoms with E-state index >= 15 is 0 Å². The van der Waals surface area contributed by atoms with Crippen LogP contribution in [0.1, 0.15) is 44.1 Å². The van der Waals surface area contributed by atoms with Gasteiger partial charge in [-0.3, -0.25) is 4.79 Å². The molecule has 0 radical (unpaired) electrons. The average Bonchev–Trinajstić information content (AvgIpc) is 3.30. The Morgan fingerprint density at radius 3 is 2.66 bits per heavy atom. The lowest BCUT2D eigenvalue weighted by atomic mass is 10.0. The molecule has 9 heteroatoms. The van der Waals surface area contributed by atoms with Crippen molar-refractivity contribution in [3.63, 3.8) is 0 Å². The summed E-state index contributed by atoms with van der Waals surface area (Å²) in [5.41, 5.74) is 0.357. The largest absolute Gasteiger partial charge is 0.377 e. The first-order valence-corrected chi connectivity index (χ1v) is 11.3. The first kappa shape index (κ1) is 21.4. The van der Waals surface area contributed by atoms with Crippen molar-refractivity contribution in [3.05, 3.63) is 29.8 Å². The molecule has 1 saturated heterocycles. The van der Waals surface area contributed by atoms with Gasteiger partial charge in [-0.15, -0.1) is 12.3 Å². The summed E-state index contributed by atoms with van der Waals surface area (Å²) in [6, 6.07) is 6.47. The average molecular weight is 419 g/mol. The maximum Gasteiger partial charge on any atom is 0.240 e. The van der Waals surface area contributed by atoms with E-state index in [4.69, 9.17) is 11.2 Å². The summed E-state index contributed by atoms with van der Waals surface area (Å²) >= 11 is 0. The number of sulfonamides is 1. The lowest BCUT2D eigenvalue weighted by Gasteiger charge is -2.12. The topological polar surface area (TPSA) is 109 Å². The van der Waals surface area contributed by atoms with Crippen LogP contribution in [0.15, 0.2) is 39.4 Å². The summed E-state index contributed by atoms with van der Waals surface area (Å²) in [6.07, 6.45) is 9.16. The number of hydrogen-bond donors (Lipinski definition) is 2. The number of amides is 1. The molecule has 2 heterocycles. The summed E-state index contributed by atoms with van der Waals surface area (Å²) in [4.78, 5) is 12.2. The summed E-state index contributed by atoms with van der Waals surface area (Å²) in [5, 5.41) is 10.9.